The molecule has 3 rings (SSSR count). The van der Waals surface area contributed by atoms with Crippen LogP contribution >= 0.6 is 0 Å². The highest BCUT2D eigenvalue weighted by Crippen LogP contribution is 2.18. The summed E-state index contributed by atoms with van der Waals surface area (Å²) in [6.07, 6.45) is 1.42. The van der Waals surface area contributed by atoms with Gasteiger partial charge in [-0.3, -0.25) is 9.74 Å². The van der Waals surface area contributed by atoms with Gasteiger partial charge in [0.1, 0.15) is 31.2 Å². The first-order chi connectivity index (χ1) is 20.5. The molecule has 0 spiro atoms. The van der Waals surface area contributed by atoms with Gasteiger partial charge in [-0.25, -0.2) is 0 Å². The van der Waals surface area contributed by atoms with Crippen LogP contribution in [0, 0.1) is 12.8 Å². The Labute approximate surface area is 257 Å². The van der Waals surface area contributed by atoms with Gasteiger partial charge in [-0.2, -0.15) is 5.48 Å². The van der Waals surface area contributed by atoms with Crippen LogP contribution in [0.15, 0.2) is 66.7 Å². The molecule has 3 aromatic rings. The Morgan fingerprint density at radius 1 is 0.907 bits per heavy atom. The maximum absolute atomic E-state index is 10.9. The number of aryl methyl sites for hydroxylation is 1. The van der Waals surface area contributed by atoms with Crippen LogP contribution in [0.1, 0.15) is 45.2 Å². The summed E-state index contributed by atoms with van der Waals surface area (Å²) in [6.45, 7) is 13.7. The van der Waals surface area contributed by atoms with Crippen molar-refractivity contribution in [1.29, 1.82) is 0 Å². The van der Waals surface area contributed by atoms with Crippen molar-refractivity contribution < 1.29 is 29.4 Å². The van der Waals surface area contributed by atoms with E-state index in [1.165, 1.54) is 16.3 Å². The predicted octanol–water partition coefficient (Wildman–Crippen LogP) is 4.77. The molecule has 0 bridgehead atoms. The normalized spacial score (nSPS) is 12.0. The van der Waals surface area contributed by atoms with Crippen molar-refractivity contribution in [3.8, 4) is 5.75 Å². The van der Waals surface area contributed by atoms with E-state index < -0.39 is 6.23 Å². The summed E-state index contributed by atoms with van der Waals surface area (Å²) < 4.78 is 0. The van der Waals surface area contributed by atoms with Gasteiger partial charge in [0, 0.05) is 19.1 Å². The lowest BCUT2D eigenvalue weighted by Crippen LogP contribution is -2.43. The highest BCUT2D eigenvalue weighted by atomic mass is 16.7. The van der Waals surface area contributed by atoms with E-state index >= 15 is 0 Å². The fourth-order valence-electron chi connectivity index (χ4n) is 3.66. The summed E-state index contributed by atoms with van der Waals surface area (Å²) in [7, 11) is 3.68. The number of aliphatic hydroxyl groups excluding tert-OH is 1. The molecule has 0 radical (unpaired) electrons. The number of hydrogen-bond donors (Lipinski definition) is 3. The van der Waals surface area contributed by atoms with Gasteiger partial charge in [-0.1, -0.05) is 74.0 Å². The second-order valence-electron chi connectivity index (χ2n) is 10.8. The van der Waals surface area contributed by atoms with Crippen molar-refractivity contribution in [3.05, 3.63) is 77.9 Å². The molecule has 9 nitrogen and oxygen atoms in total. The lowest BCUT2D eigenvalue weighted by Gasteiger charge is -2.28. The SMILES string of the molecule is C=O.CC(C)CC(C=O)ONCc1cccc2ccccc12.CC(C)N(C)CC(O)N(C)CC=O.Cc1ccc(O)cc1. The van der Waals surface area contributed by atoms with Crippen LogP contribution in [0.5, 0.6) is 5.75 Å². The molecular weight excluding hydrogens is 546 g/mol. The third-order valence-corrected chi connectivity index (χ3v) is 6.47. The predicted molar refractivity (Wildman–Crippen MR) is 174 cm³/mol. The summed E-state index contributed by atoms with van der Waals surface area (Å²) in [5, 5.41) is 20.8. The van der Waals surface area contributed by atoms with Crippen molar-refractivity contribution in [3.63, 3.8) is 0 Å². The molecule has 0 saturated heterocycles. The summed E-state index contributed by atoms with van der Waals surface area (Å²) in [4.78, 5) is 38.2. The number of hydroxylamine groups is 1. The molecule has 0 saturated carbocycles. The number of benzene rings is 3. The van der Waals surface area contributed by atoms with E-state index in [0.29, 0.717) is 30.8 Å². The van der Waals surface area contributed by atoms with Crippen LogP contribution in [-0.2, 0) is 25.8 Å². The monoisotopic (exact) mass is 597 g/mol. The number of fused-ring (bicyclic) bond motifs is 1. The lowest BCUT2D eigenvalue weighted by molar-refractivity contribution is -0.125. The molecule has 0 aliphatic heterocycles. The van der Waals surface area contributed by atoms with Crippen molar-refractivity contribution in [2.45, 2.75) is 66.0 Å². The van der Waals surface area contributed by atoms with Crippen molar-refractivity contribution in [1.82, 2.24) is 15.3 Å². The number of nitrogens with one attached hydrogen (secondary N) is 1. The quantitative estimate of drug-likeness (QED) is 0.145. The zero-order valence-corrected chi connectivity index (χ0v) is 26.8. The van der Waals surface area contributed by atoms with E-state index in [4.69, 9.17) is 14.7 Å². The average Bonchev–Trinajstić information content (AvgIpc) is 2.99. The van der Waals surface area contributed by atoms with Crippen molar-refractivity contribution in [2.75, 3.05) is 27.2 Å². The Balaban J connectivity index is 0.000000658. The van der Waals surface area contributed by atoms with Gasteiger partial charge in [-0.05, 0) is 75.7 Å². The minimum absolute atomic E-state index is 0.271. The van der Waals surface area contributed by atoms with E-state index in [-0.39, 0.29) is 12.6 Å². The van der Waals surface area contributed by atoms with Gasteiger partial charge < -0.3 is 29.5 Å². The third kappa shape index (κ3) is 17.3. The zero-order valence-electron chi connectivity index (χ0n) is 26.8. The fourth-order valence-corrected chi connectivity index (χ4v) is 3.66. The smallest absolute Gasteiger partial charge is 0.150 e. The van der Waals surface area contributed by atoms with E-state index in [1.54, 1.807) is 24.1 Å². The molecule has 3 aromatic carbocycles. The highest BCUT2D eigenvalue weighted by molar-refractivity contribution is 5.85. The maximum atomic E-state index is 10.9. The molecule has 2 unspecified atom stereocenters. The number of aldehydes is 2. The Hall–Kier alpha value is -3.47. The second kappa shape index (κ2) is 23.0. The molecule has 0 fully saturated rings. The van der Waals surface area contributed by atoms with Crippen LogP contribution < -0.4 is 5.48 Å². The van der Waals surface area contributed by atoms with Gasteiger partial charge in [0.05, 0.1) is 6.54 Å². The first kappa shape index (κ1) is 39.5. The van der Waals surface area contributed by atoms with Crippen molar-refractivity contribution in [2.24, 2.45) is 5.92 Å². The van der Waals surface area contributed by atoms with E-state index in [0.717, 1.165) is 24.6 Å². The van der Waals surface area contributed by atoms with Crippen LogP contribution in [0.4, 0.5) is 0 Å². The van der Waals surface area contributed by atoms with Gasteiger partial charge >= 0.3 is 0 Å². The largest absolute Gasteiger partial charge is 0.508 e. The lowest BCUT2D eigenvalue weighted by atomic mass is 10.1. The number of likely N-dealkylation sites (N-methyl/N-ethyl adjacent to an activating group) is 2. The molecular formula is C34H51N3O6. The molecule has 43 heavy (non-hydrogen) atoms. The number of hydrogen-bond acceptors (Lipinski definition) is 9. The minimum atomic E-state index is -0.572. The van der Waals surface area contributed by atoms with Crippen LogP contribution in [0.3, 0.4) is 0 Å². The van der Waals surface area contributed by atoms with E-state index in [2.05, 4.69) is 57.4 Å². The van der Waals surface area contributed by atoms with Crippen LogP contribution in [0.2, 0.25) is 0 Å². The number of aliphatic hydroxyl groups is 1. The number of aromatic hydroxyl groups is 1. The van der Waals surface area contributed by atoms with Gasteiger partial charge in [-0.15, -0.1) is 0 Å². The van der Waals surface area contributed by atoms with Crippen LogP contribution in [-0.4, -0.2) is 84.9 Å². The second-order valence-corrected chi connectivity index (χ2v) is 10.8. The number of nitrogens with zero attached hydrogens (tertiary/aromatic N) is 2. The summed E-state index contributed by atoms with van der Waals surface area (Å²) in [6, 6.07) is 21.9. The zero-order chi connectivity index (χ0) is 32.8. The van der Waals surface area contributed by atoms with E-state index in [1.807, 2.05) is 56.0 Å². The van der Waals surface area contributed by atoms with Crippen molar-refractivity contribution >= 4 is 30.1 Å². The first-order valence-electron chi connectivity index (χ1n) is 14.4. The topological polar surface area (TPSA) is 119 Å². The molecule has 2 atom stereocenters. The summed E-state index contributed by atoms with van der Waals surface area (Å²) in [5.41, 5.74) is 5.25. The fraction of sp³-hybridized carbons (Fsp3) is 0.441. The maximum Gasteiger partial charge on any atom is 0.150 e. The Morgan fingerprint density at radius 3 is 2.05 bits per heavy atom. The number of rotatable bonds is 13. The summed E-state index contributed by atoms with van der Waals surface area (Å²) in [5.74, 6) is 0.764. The standard InChI is InChI=1S/C17H21NO2.C9H20N2O2.C7H8O.CH2O/c1-13(2)10-16(12-19)20-18-11-15-8-5-7-14-6-3-4-9-17(14)15;1-8(2)11(4)7-9(13)10(3)5-6-12;1-6-2-4-7(8)5-3-6;1-2/h3-9,12-13,16,18H,10-11H2,1-2H3;6,8-9,13H,5,7H2,1-4H3;2-5,8H,1H3;1H2. The Kier molecular flexibility index (Phi) is 21.2. The number of phenols is 1. The average molecular weight is 598 g/mol. The Morgan fingerprint density at radius 2 is 1.51 bits per heavy atom. The number of carbonyl (C=O) groups excluding carboxylic acids is 3. The molecule has 9 heteroatoms. The number of phenolic OH excluding ortho intramolecular Hbond substituents is 1. The van der Waals surface area contributed by atoms with Gasteiger partial charge in [0.25, 0.3) is 0 Å². The minimum Gasteiger partial charge on any atom is -0.508 e. The molecule has 0 heterocycles. The molecule has 3 N–H and O–H groups in total. The Bertz CT molecular complexity index is 1130. The van der Waals surface area contributed by atoms with Gasteiger partial charge in [0.2, 0.25) is 0 Å². The molecule has 0 aromatic heterocycles. The van der Waals surface area contributed by atoms with Gasteiger partial charge in [0.15, 0.2) is 6.29 Å². The number of carbonyl (C=O) groups is 3. The third-order valence-electron chi connectivity index (χ3n) is 6.47. The summed E-state index contributed by atoms with van der Waals surface area (Å²) >= 11 is 0. The molecule has 238 valence electrons. The van der Waals surface area contributed by atoms with Crippen LogP contribution in [0.25, 0.3) is 10.8 Å². The highest BCUT2D eigenvalue weighted by Gasteiger charge is 2.14. The molecule has 0 aliphatic rings. The molecule has 0 aliphatic carbocycles. The molecule has 0 amide bonds. The van der Waals surface area contributed by atoms with E-state index in [9.17, 15) is 14.7 Å². The first-order valence-corrected chi connectivity index (χ1v) is 14.4.